The lowest BCUT2D eigenvalue weighted by Crippen LogP contribution is -2.15. The molecule has 0 saturated carbocycles. The maximum absolute atomic E-state index is 11.2. The zero-order valence-electron chi connectivity index (χ0n) is 7.99. The number of nitrogens with two attached hydrogens (primary N) is 1. The van der Waals surface area contributed by atoms with Gasteiger partial charge in [0.2, 0.25) is 10.0 Å². The lowest BCUT2D eigenvalue weighted by Gasteiger charge is -2.10. The van der Waals surface area contributed by atoms with Crippen molar-refractivity contribution in [2.24, 2.45) is 5.14 Å². The van der Waals surface area contributed by atoms with Crippen LogP contribution in [0, 0.1) is 0 Å². The van der Waals surface area contributed by atoms with E-state index in [4.69, 9.17) is 16.7 Å². The Morgan fingerprint density at radius 3 is 2.36 bits per heavy atom. The second-order valence-corrected chi connectivity index (χ2v) is 5.35. The third-order valence-corrected chi connectivity index (χ3v) is 3.12. The smallest absolute Gasteiger partial charge is 0.225 e. The van der Waals surface area contributed by atoms with Crippen molar-refractivity contribution in [3.8, 4) is 0 Å². The van der Waals surface area contributed by atoms with Crippen molar-refractivity contribution in [2.75, 3.05) is 0 Å². The lowest BCUT2D eigenvalue weighted by atomic mass is 10.0. The Bertz CT molecular complexity index is 440. The van der Waals surface area contributed by atoms with Gasteiger partial charge in [-0.1, -0.05) is 25.4 Å². The van der Waals surface area contributed by atoms with Gasteiger partial charge in [-0.05, 0) is 29.7 Å². The summed E-state index contributed by atoms with van der Waals surface area (Å²) >= 11 is 5.78. The second kappa shape index (κ2) is 3.88. The number of hydrogen-bond donors (Lipinski definition) is 1. The molecular formula is C9H12ClNO2S. The highest BCUT2D eigenvalue weighted by Crippen LogP contribution is 2.25. The predicted octanol–water partition coefficient (Wildman–Crippen LogP) is 2.11. The monoisotopic (exact) mass is 233 g/mol. The molecule has 2 N–H and O–H groups in total. The van der Waals surface area contributed by atoms with Gasteiger partial charge >= 0.3 is 0 Å². The second-order valence-electron chi connectivity index (χ2n) is 3.38. The molecule has 0 aliphatic rings. The molecule has 14 heavy (non-hydrogen) atoms. The third-order valence-electron chi connectivity index (χ3n) is 1.90. The first-order valence-electron chi connectivity index (χ1n) is 4.14. The zero-order chi connectivity index (χ0) is 10.9. The van der Waals surface area contributed by atoms with Crippen LogP contribution in [0.25, 0.3) is 0 Å². The molecule has 0 unspecified atom stereocenters. The van der Waals surface area contributed by atoms with Crippen molar-refractivity contribution in [3.63, 3.8) is 0 Å². The molecule has 0 aliphatic carbocycles. The molecule has 1 aromatic carbocycles. The maximum atomic E-state index is 11.2. The molecule has 0 amide bonds. The van der Waals surface area contributed by atoms with E-state index in [1.54, 1.807) is 6.07 Å². The summed E-state index contributed by atoms with van der Waals surface area (Å²) in [6, 6.07) is 4.59. The van der Waals surface area contributed by atoms with E-state index in [0.29, 0.717) is 10.6 Å². The summed E-state index contributed by atoms with van der Waals surface area (Å²) in [5, 5.41) is 5.59. The van der Waals surface area contributed by atoms with Crippen LogP contribution >= 0.6 is 11.6 Å². The minimum absolute atomic E-state index is 0.0713. The highest BCUT2D eigenvalue weighted by atomic mass is 35.5. The molecule has 0 spiro atoms. The number of sulfonamides is 1. The Balaban J connectivity index is 3.45. The first-order chi connectivity index (χ1) is 6.32. The third kappa shape index (κ3) is 2.47. The minimum atomic E-state index is -3.65. The largest absolute Gasteiger partial charge is 0.238 e. The summed E-state index contributed by atoms with van der Waals surface area (Å²) in [5.74, 6) is 0.0713. The number of rotatable bonds is 2. The molecule has 1 aromatic rings. The van der Waals surface area contributed by atoms with Gasteiger partial charge in [-0.3, -0.25) is 0 Å². The van der Waals surface area contributed by atoms with Crippen LogP contribution in [0.1, 0.15) is 25.3 Å². The average molecular weight is 234 g/mol. The van der Waals surface area contributed by atoms with Gasteiger partial charge < -0.3 is 0 Å². The van der Waals surface area contributed by atoms with Gasteiger partial charge in [0.15, 0.2) is 0 Å². The molecule has 0 saturated heterocycles. The summed E-state index contributed by atoms with van der Waals surface area (Å²) < 4.78 is 22.4. The van der Waals surface area contributed by atoms with Crippen molar-refractivity contribution in [2.45, 2.75) is 24.7 Å². The van der Waals surface area contributed by atoms with Gasteiger partial charge in [0.1, 0.15) is 0 Å². The number of hydrogen-bond acceptors (Lipinski definition) is 2. The predicted molar refractivity (Wildman–Crippen MR) is 56.9 cm³/mol. The van der Waals surface area contributed by atoms with Gasteiger partial charge in [0.25, 0.3) is 0 Å². The first-order valence-corrected chi connectivity index (χ1v) is 6.07. The number of halogens is 1. The summed E-state index contributed by atoms with van der Waals surface area (Å²) in [7, 11) is -3.65. The first kappa shape index (κ1) is 11.5. The topological polar surface area (TPSA) is 60.2 Å². The van der Waals surface area contributed by atoms with E-state index in [2.05, 4.69) is 0 Å². The van der Waals surface area contributed by atoms with E-state index in [1.165, 1.54) is 12.1 Å². The van der Waals surface area contributed by atoms with Crippen LogP contribution in [0.15, 0.2) is 23.1 Å². The summed E-state index contributed by atoms with van der Waals surface area (Å²) in [5.41, 5.74) is 0.653. The van der Waals surface area contributed by atoms with Crippen LogP contribution in [-0.2, 0) is 10.0 Å². The average Bonchev–Trinajstić information content (AvgIpc) is 2.01. The molecule has 3 nitrogen and oxygen atoms in total. The van der Waals surface area contributed by atoms with Crippen LogP contribution in [0.3, 0.4) is 0 Å². The van der Waals surface area contributed by atoms with Gasteiger partial charge in [-0.25, -0.2) is 13.6 Å². The quantitative estimate of drug-likeness (QED) is 0.851. The molecule has 5 heteroatoms. The highest BCUT2D eigenvalue weighted by molar-refractivity contribution is 7.89. The molecule has 0 heterocycles. The minimum Gasteiger partial charge on any atom is -0.225 e. The molecule has 0 aliphatic heterocycles. The van der Waals surface area contributed by atoms with Crippen molar-refractivity contribution < 1.29 is 8.42 Å². The Labute approximate surface area is 88.9 Å². The lowest BCUT2D eigenvalue weighted by molar-refractivity contribution is 0.595. The Morgan fingerprint density at radius 2 is 1.93 bits per heavy atom. The molecule has 0 fully saturated rings. The number of benzene rings is 1. The van der Waals surface area contributed by atoms with E-state index in [9.17, 15) is 8.42 Å². The molecular weight excluding hydrogens is 222 g/mol. The Kier molecular flexibility index (Phi) is 3.19. The normalized spacial score (nSPS) is 12.1. The fourth-order valence-electron chi connectivity index (χ4n) is 1.23. The molecule has 78 valence electrons. The van der Waals surface area contributed by atoms with Crippen molar-refractivity contribution in [3.05, 3.63) is 28.8 Å². The van der Waals surface area contributed by atoms with Gasteiger partial charge in [-0.2, -0.15) is 0 Å². The Hall–Kier alpha value is -0.580. The molecule has 0 aromatic heterocycles. The fraction of sp³-hybridized carbons (Fsp3) is 0.333. The fourth-order valence-corrected chi connectivity index (χ4v) is 2.29. The van der Waals surface area contributed by atoms with E-state index >= 15 is 0 Å². The van der Waals surface area contributed by atoms with E-state index in [1.807, 2.05) is 13.8 Å². The van der Waals surface area contributed by atoms with Crippen molar-refractivity contribution in [1.82, 2.24) is 0 Å². The maximum Gasteiger partial charge on any atom is 0.238 e. The van der Waals surface area contributed by atoms with Gasteiger partial charge in [-0.15, -0.1) is 0 Å². The molecule has 0 radical (unpaired) electrons. The SMILES string of the molecule is CC(C)c1cc(Cl)ccc1S(N)(=O)=O. The van der Waals surface area contributed by atoms with Crippen LogP contribution < -0.4 is 5.14 Å². The van der Waals surface area contributed by atoms with E-state index in [-0.39, 0.29) is 10.8 Å². The molecule has 0 atom stereocenters. The van der Waals surface area contributed by atoms with Gasteiger partial charge in [0, 0.05) is 5.02 Å². The van der Waals surface area contributed by atoms with Crippen LogP contribution in [0.2, 0.25) is 5.02 Å². The summed E-state index contributed by atoms with van der Waals surface area (Å²) in [4.78, 5) is 0.150. The molecule has 0 bridgehead atoms. The summed E-state index contributed by atoms with van der Waals surface area (Å²) in [6.45, 7) is 3.78. The van der Waals surface area contributed by atoms with Crippen LogP contribution in [-0.4, -0.2) is 8.42 Å². The number of primary sulfonamides is 1. The molecule has 1 rings (SSSR count). The van der Waals surface area contributed by atoms with Crippen molar-refractivity contribution >= 4 is 21.6 Å². The zero-order valence-corrected chi connectivity index (χ0v) is 9.56. The summed E-state index contributed by atoms with van der Waals surface area (Å²) in [6.07, 6.45) is 0. The van der Waals surface area contributed by atoms with Crippen LogP contribution in [0.5, 0.6) is 0 Å². The van der Waals surface area contributed by atoms with Crippen LogP contribution in [0.4, 0.5) is 0 Å². The van der Waals surface area contributed by atoms with E-state index in [0.717, 1.165) is 0 Å². The highest BCUT2D eigenvalue weighted by Gasteiger charge is 2.15. The van der Waals surface area contributed by atoms with E-state index < -0.39 is 10.0 Å². The Morgan fingerprint density at radius 1 is 1.36 bits per heavy atom. The van der Waals surface area contributed by atoms with Crippen molar-refractivity contribution in [1.29, 1.82) is 0 Å². The standard InChI is InChI=1S/C9H12ClNO2S/c1-6(2)8-5-7(10)3-4-9(8)14(11,12)13/h3-6H,1-2H3,(H2,11,12,13). The van der Waals surface area contributed by atoms with Gasteiger partial charge in [0.05, 0.1) is 4.90 Å².